The van der Waals surface area contributed by atoms with E-state index in [9.17, 15) is 9.59 Å². The van der Waals surface area contributed by atoms with Crippen LogP contribution in [0.5, 0.6) is 0 Å². The zero-order valence-electron chi connectivity index (χ0n) is 14.8. The number of amides is 2. The molecule has 2 heterocycles. The van der Waals surface area contributed by atoms with Crippen LogP contribution in [-0.2, 0) is 14.3 Å². The van der Waals surface area contributed by atoms with E-state index in [2.05, 4.69) is 12.2 Å². The van der Waals surface area contributed by atoms with Gasteiger partial charge in [-0.15, -0.1) is 0 Å². The van der Waals surface area contributed by atoms with Gasteiger partial charge in [-0.1, -0.05) is 12.2 Å². The lowest BCUT2D eigenvalue weighted by atomic mass is 9.77. The SMILES string of the molecule is COCCCN1CC2(CCN(C(=O)CC3C=CCC3)CC2)CC1=O. The van der Waals surface area contributed by atoms with E-state index in [1.807, 2.05) is 9.80 Å². The van der Waals surface area contributed by atoms with Gasteiger partial charge in [-0.2, -0.15) is 0 Å². The molecule has 0 N–H and O–H groups in total. The van der Waals surface area contributed by atoms with Crippen molar-refractivity contribution in [2.24, 2.45) is 11.3 Å². The van der Waals surface area contributed by atoms with Gasteiger partial charge in [0.15, 0.2) is 0 Å². The summed E-state index contributed by atoms with van der Waals surface area (Å²) in [5.41, 5.74) is 0.105. The van der Waals surface area contributed by atoms with E-state index in [1.165, 1.54) is 0 Å². The van der Waals surface area contributed by atoms with Crippen LogP contribution in [0.3, 0.4) is 0 Å². The van der Waals surface area contributed by atoms with Gasteiger partial charge in [0.2, 0.25) is 11.8 Å². The first-order valence-electron chi connectivity index (χ1n) is 9.33. The summed E-state index contributed by atoms with van der Waals surface area (Å²) in [5, 5.41) is 0. The average molecular weight is 334 g/mol. The molecule has 0 aromatic heterocycles. The Bertz CT molecular complexity index is 495. The number of allylic oxidation sites excluding steroid dienone is 2. The molecule has 2 aliphatic heterocycles. The summed E-state index contributed by atoms with van der Waals surface area (Å²) in [6.07, 6.45) is 10.8. The molecule has 0 bridgehead atoms. The zero-order chi connectivity index (χ0) is 17.0. The van der Waals surface area contributed by atoms with Gasteiger partial charge in [0.1, 0.15) is 0 Å². The third-order valence-electron chi connectivity index (χ3n) is 5.91. The summed E-state index contributed by atoms with van der Waals surface area (Å²) < 4.78 is 5.08. The predicted molar refractivity (Wildman–Crippen MR) is 92.4 cm³/mol. The molecule has 0 aromatic rings. The highest BCUT2D eigenvalue weighted by atomic mass is 16.5. The summed E-state index contributed by atoms with van der Waals surface area (Å²) in [5.74, 6) is 1.02. The maximum absolute atomic E-state index is 12.5. The smallest absolute Gasteiger partial charge is 0.223 e. The van der Waals surface area contributed by atoms with Gasteiger partial charge in [-0.05, 0) is 38.0 Å². The lowest BCUT2D eigenvalue weighted by Gasteiger charge is -2.39. The topological polar surface area (TPSA) is 49.9 Å². The molecular weight excluding hydrogens is 304 g/mol. The van der Waals surface area contributed by atoms with E-state index in [1.54, 1.807) is 7.11 Å². The predicted octanol–water partition coefficient (Wildman–Crippen LogP) is 2.22. The number of nitrogens with zero attached hydrogens (tertiary/aromatic N) is 2. The normalized spacial score (nSPS) is 25.9. The third kappa shape index (κ3) is 4.00. The summed E-state index contributed by atoms with van der Waals surface area (Å²) in [4.78, 5) is 28.8. The van der Waals surface area contributed by atoms with E-state index < -0.39 is 0 Å². The summed E-state index contributed by atoms with van der Waals surface area (Å²) in [6, 6.07) is 0. The van der Waals surface area contributed by atoms with Crippen molar-refractivity contribution in [2.75, 3.05) is 39.9 Å². The quantitative estimate of drug-likeness (QED) is 0.553. The molecule has 1 unspecified atom stereocenters. The number of carbonyl (C=O) groups excluding carboxylic acids is 2. The lowest BCUT2D eigenvalue weighted by molar-refractivity contribution is -0.134. The van der Waals surface area contributed by atoms with Crippen molar-refractivity contribution in [3.8, 4) is 0 Å². The molecule has 5 heteroatoms. The molecule has 0 aromatic carbocycles. The molecule has 1 atom stereocenters. The van der Waals surface area contributed by atoms with Crippen LogP contribution in [0.4, 0.5) is 0 Å². The number of carbonyl (C=O) groups is 2. The van der Waals surface area contributed by atoms with Gasteiger partial charge >= 0.3 is 0 Å². The molecule has 3 aliphatic rings. The van der Waals surface area contributed by atoms with Gasteiger partial charge in [-0.25, -0.2) is 0 Å². The fourth-order valence-corrected chi connectivity index (χ4v) is 4.37. The van der Waals surface area contributed by atoms with Crippen molar-refractivity contribution in [3.05, 3.63) is 12.2 Å². The zero-order valence-corrected chi connectivity index (χ0v) is 14.8. The fraction of sp³-hybridized carbons (Fsp3) is 0.789. The van der Waals surface area contributed by atoms with Crippen molar-refractivity contribution in [1.82, 2.24) is 9.80 Å². The summed E-state index contributed by atoms with van der Waals surface area (Å²) in [6.45, 7) is 3.99. The van der Waals surface area contributed by atoms with Gasteiger partial charge in [0.05, 0.1) is 0 Å². The second kappa shape index (κ2) is 7.68. The van der Waals surface area contributed by atoms with E-state index in [0.29, 0.717) is 31.3 Å². The van der Waals surface area contributed by atoms with Crippen molar-refractivity contribution < 1.29 is 14.3 Å². The lowest BCUT2D eigenvalue weighted by Crippen LogP contribution is -2.44. The number of piperidine rings is 1. The highest BCUT2D eigenvalue weighted by Crippen LogP contribution is 2.41. The van der Waals surface area contributed by atoms with Gasteiger partial charge < -0.3 is 14.5 Å². The minimum absolute atomic E-state index is 0.105. The number of methoxy groups -OCH3 is 1. The van der Waals surface area contributed by atoms with E-state index >= 15 is 0 Å². The van der Waals surface area contributed by atoms with Gasteiger partial charge in [0.25, 0.3) is 0 Å². The maximum Gasteiger partial charge on any atom is 0.223 e. The molecule has 2 fully saturated rings. The first-order valence-corrected chi connectivity index (χ1v) is 9.33. The second-order valence-electron chi connectivity index (χ2n) is 7.69. The van der Waals surface area contributed by atoms with Crippen molar-refractivity contribution >= 4 is 11.8 Å². The summed E-state index contributed by atoms with van der Waals surface area (Å²) >= 11 is 0. The first kappa shape index (κ1) is 17.5. The second-order valence-corrected chi connectivity index (χ2v) is 7.69. The van der Waals surface area contributed by atoms with Crippen LogP contribution in [-0.4, -0.2) is 61.5 Å². The number of hydrogen-bond acceptors (Lipinski definition) is 3. The molecule has 1 aliphatic carbocycles. The molecule has 24 heavy (non-hydrogen) atoms. The number of likely N-dealkylation sites (tertiary alicyclic amines) is 2. The van der Waals surface area contributed by atoms with Crippen LogP contribution >= 0.6 is 0 Å². The Kier molecular flexibility index (Phi) is 5.59. The fourth-order valence-electron chi connectivity index (χ4n) is 4.37. The van der Waals surface area contributed by atoms with E-state index in [4.69, 9.17) is 4.74 Å². The van der Waals surface area contributed by atoms with Crippen LogP contribution in [0.1, 0.15) is 44.9 Å². The largest absolute Gasteiger partial charge is 0.385 e. The van der Waals surface area contributed by atoms with E-state index in [-0.39, 0.29) is 11.3 Å². The van der Waals surface area contributed by atoms with Crippen molar-refractivity contribution in [3.63, 3.8) is 0 Å². The van der Waals surface area contributed by atoms with Crippen LogP contribution in [0.2, 0.25) is 0 Å². The van der Waals surface area contributed by atoms with E-state index in [0.717, 1.165) is 58.3 Å². The Hall–Kier alpha value is -1.36. The Labute approximate surface area is 145 Å². The Morgan fingerprint density at radius 2 is 2.17 bits per heavy atom. The number of hydrogen-bond donors (Lipinski definition) is 0. The van der Waals surface area contributed by atoms with Crippen LogP contribution in [0, 0.1) is 11.3 Å². The molecule has 3 rings (SSSR count). The first-order chi connectivity index (χ1) is 11.6. The number of ether oxygens (including phenoxy) is 1. The molecule has 134 valence electrons. The molecule has 2 amide bonds. The van der Waals surface area contributed by atoms with Crippen LogP contribution in [0.25, 0.3) is 0 Å². The Morgan fingerprint density at radius 3 is 2.83 bits per heavy atom. The van der Waals surface area contributed by atoms with Crippen LogP contribution in [0.15, 0.2) is 12.2 Å². The average Bonchev–Trinajstić information content (AvgIpc) is 3.17. The molecule has 0 radical (unpaired) electrons. The monoisotopic (exact) mass is 334 g/mol. The Balaban J connectivity index is 1.46. The third-order valence-corrected chi connectivity index (χ3v) is 5.91. The van der Waals surface area contributed by atoms with Crippen molar-refractivity contribution in [1.29, 1.82) is 0 Å². The standard InChI is InChI=1S/C19H30N2O3/c1-24-12-4-9-21-15-19(14-18(21)23)7-10-20(11-8-19)17(22)13-16-5-2-3-6-16/h2,5,16H,3-4,6-15H2,1H3. The van der Waals surface area contributed by atoms with Crippen molar-refractivity contribution in [2.45, 2.75) is 44.9 Å². The highest BCUT2D eigenvalue weighted by Gasteiger charge is 2.45. The number of rotatable bonds is 6. The molecular formula is C19H30N2O3. The Morgan fingerprint density at radius 1 is 1.38 bits per heavy atom. The van der Waals surface area contributed by atoms with Gasteiger partial charge in [0, 0.05) is 58.2 Å². The highest BCUT2D eigenvalue weighted by molar-refractivity contribution is 5.80. The van der Waals surface area contributed by atoms with Gasteiger partial charge in [-0.3, -0.25) is 9.59 Å². The summed E-state index contributed by atoms with van der Waals surface area (Å²) in [7, 11) is 1.70. The maximum atomic E-state index is 12.5. The minimum Gasteiger partial charge on any atom is -0.385 e. The molecule has 5 nitrogen and oxygen atoms in total. The minimum atomic E-state index is 0.105. The van der Waals surface area contributed by atoms with Crippen LogP contribution < -0.4 is 0 Å². The molecule has 0 saturated carbocycles. The molecule has 1 spiro atoms. The molecule has 2 saturated heterocycles.